The molecule has 0 bridgehead atoms. The van der Waals surface area contributed by atoms with Crippen molar-refractivity contribution >= 4 is 5.82 Å². The Morgan fingerprint density at radius 2 is 2.29 bits per heavy atom. The number of aryl methyl sites for hydroxylation is 1. The number of hydrogen-bond acceptors (Lipinski definition) is 3. The Labute approximate surface area is 80.2 Å². The van der Waals surface area contributed by atoms with E-state index in [1.807, 2.05) is 6.07 Å². The first-order valence-electron chi connectivity index (χ1n) is 3.97. The van der Waals surface area contributed by atoms with Crippen molar-refractivity contribution < 1.29 is 8.78 Å². The van der Waals surface area contributed by atoms with E-state index in [-0.39, 0.29) is 17.8 Å². The summed E-state index contributed by atoms with van der Waals surface area (Å²) in [7, 11) is 0. The Morgan fingerprint density at radius 3 is 2.79 bits per heavy atom. The van der Waals surface area contributed by atoms with E-state index in [1.165, 1.54) is 6.07 Å². The van der Waals surface area contributed by atoms with Crippen LogP contribution in [0.3, 0.4) is 0 Å². The van der Waals surface area contributed by atoms with Crippen LogP contribution in [0.1, 0.15) is 23.2 Å². The minimum Gasteiger partial charge on any atom is -0.383 e. The SMILES string of the molecule is Cc1cc(C(F)F)c(N)nc1CC#N. The topological polar surface area (TPSA) is 62.7 Å². The van der Waals surface area contributed by atoms with E-state index in [0.29, 0.717) is 11.3 Å². The molecule has 1 heterocycles. The third-order valence-electron chi connectivity index (χ3n) is 1.86. The van der Waals surface area contributed by atoms with E-state index in [2.05, 4.69) is 4.98 Å². The maximum Gasteiger partial charge on any atom is 0.267 e. The lowest BCUT2D eigenvalue weighted by atomic mass is 10.1. The monoisotopic (exact) mass is 197 g/mol. The van der Waals surface area contributed by atoms with Crippen LogP contribution in [0.25, 0.3) is 0 Å². The number of nitrogens with two attached hydrogens (primary N) is 1. The van der Waals surface area contributed by atoms with E-state index >= 15 is 0 Å². The van der Waals surface area contributed by atoms with Crippen LogP contribution in [0.4, 0.5) is 14.6 Å². The number of anilines is 1. The summed E-state index contributed by atoms with van der Waals surface area (Å²) in [5, 5.41) is 8.43. The van der Waals surface area contributed by atoms with Crippen LogP contribution in [0.2, 0.25) is 0 Å². The number of nitrogen functional groups attached to an aromatic ring is 1. The lowest BCUT2D eigenvalue weighted by Crippen LogP contribution is -2.03. The van der Waals surface area contributed by atoms with Crippen molar-refractivity contribution in [1.29, 1.82) is 5.26 Å². The van der Waals surface area contributed by atoms with Crippen molar-refractivity contribution in [1.82, 2.24) is 4.98 Å². The van der Waals surface area contributed by atoms with Gasteiger partial charge >= 0.3 is 0 Å². The van der Waals surface area contributed by atoms with Gasteiger partial charge in [-0.05, 0) is 18.6 Å². The largest absolute Gasteiger partial charge is 0.383 e. The van der Waals surface area contributed by atoms with E-state index in [4.69, 9.17) is 11.0 Å². The van der Waals surface area contributed by atoms with Gasteiger partial charge in [0.15, 0.2) is 0 Å². The molecule has 74 valence electrons. The molecule has 0 radical (unpaired) electrons. The molecule has 0 saturated carbocycles. The maximum atomic E-state index is 12.3. The molecule has 0 saturated heterocycles. The van der Waals surface area contributed by atoms with Crippen LogP contribution in [0, 0.1) is 18.3 Å². The first-order chi connectivity index (χ1) is 6.56. The number of rotatable bonds is 2. The fourth-order valence-electron chi connectivity index (χ4n) is 1.12. The summed E-state index contributed by atoms with van der Waals surface area (Å²) in [6.07, 6.45) is -2.54. The molecule has 0 aliphatic carbocycles. The zero-order valence-corrected chi connectivity index (χ0v) is 7.59. The van der Waals surface area contributed by atoms with Gasteiger partial charge in [0.05, 0.1) is 23.7 Å². The van der Waals surface area contributed by atoms with E-state index < -0.39 is 6.43 Å². The molecule has 0 fully saturated rings. The maximum absolute atomic E-state index is 12.3. The molecular weight excluding hydrogens is 188 g/mol. The number of alkyl halides is 2. The number of pyridine rings is 1. The van der Waals surface area contributed by atoms with Crippen molar-refractivity contribution in [3.8, 4) is 6.07 Å². The van der Waals surface area contributed by atoms with Crippen LogP contribution in [0.5, 0.6) is 0 Å². The second-order valence-corrected chi connectivity index (χ2v) is 2.86. The molecule has 1 rings (SSSR count). The molecule has 0 aliphatic heterocycles. The van der Waals surface area contributed by atoms with Gasteiger partial charge in [0, 0.05) is 0 Å². The van der Waals surface area contributed by atoms with Gasteiger partial charge < -0.3 is 5.73 Å². The quantitative estimate of drug-likeness (QED) is 0.788. The Kier molecular flexibility index (Phi) is 2.97. The minimum absolute atomic E-state index is 0.0829. The third kappa shape index (κ3) is 1.96. The van der Waals surface area contributed by atoms with Crippen molar-refractivity contribution in [3.05, 3.63) is 22.9 Å². The highest BCUT2D eigenvalue weighted by Crippen LogP contribution is 2.25. The van der Waals surface area contributed by atoms with Crippen LogP contribution < -0.4 is 5.73 Å². The molecular formula is C9H9F2N3. The number of hydrogen-bond donors (Lipinski definition) is 1. The molecule has 1 aromatic rings. The van der Waals surface area contributed by atoms with Gasteiger partial charge in [-0.15, -0.1) is 0 Å². The number of halogens is 2. The fourth-order valence-corrected chi connectivity index (χ4v) is 1.12. The minimum atomic E-state index is -2.63. The molecule has 1 aromatic heterocycles. The predicted molar refractivity (Wildman–Crippen MR) is 47.7 cm³/mol. The lowest BCUT2D eigenvalue weighted by molar-refractivity contribution is 0.152. The number of nitrogens with zero attached hydrogens (tertiary/aromatic N) is 2. The van der Waals surface area contributed by atoms with E-state index in [1.54, 1.807) is 6.92 Å². The van der Waals surface area contributed by atoms with Gasteiger partial charge in [0.2, 0.25) is 0 Å². The van der Waals surface area contributed by atoms with Crippen molar-refractivity contribution in [2.75, 3.05) is 5.73 Å². The van der Waals surface area contributed by atoms with Crippen LogP contribution in [-0.4, -0.2) is 4.98 Å². The normalized spacial score (nSPS) is 10.2. The summed E-state index contributed by atoms with van der Waals surface area (Å²) in [4.78, 5) is 3.76. The number of aromatic nitrogens is 1. The molecule has 0 amide bonds. The molecule has 0 unspecified atom stereocenters. The van der Waals surface area contributed by atoms with Crippen LogP contribution in [-0.2, 0) is 6.42 Å². The van der Waals surface area contributed by atoms with Gasteiger partial charge in [-0.25, -0.2) is 13.8 Å². The Balaban J connectivity index is 3.18. The molecule has 0 spiro atoms. The third-order valence-corrected chi connectivity index (χ3v) is 1.86. The first-order valence-corrected chi connectivity index (χ1v) is 3.97. The summed E-state index contributed by atoms with van der Waals surface area (Å²) in [5.41, 5.74) is 6.07. The van der Waals surface area contributed by atoms with E-state index in [9.17, 15) is 8.78 Å². The standard InChI is InChI=1S/C9H9F2N3/c1-5-4-6(8(10)11)9(13)14-7(5)2-3-12/h4,8H,2H2,1H3,(H2,13,14). The van der Waals surface area contributed by atoms with Crippen LogP contribution in [0.15, 0.2) is 6.07 Å². The fraction of sp³-hybridized carbons (Fsp3) is 0.333. The summed E-state index contributed by atoms with van der Waals surface area (Å²) >= 11 is 0. The predicted octanol–water partition coefficient (Wildman–Crippen LogP) is 1.98. The lowest BCUT2D eigenvalue weighted by Gasteiger charge is -2.07. The van der Waals surface area contributed by atoms with Gasteiger partial charge in [-0.3, -0.25) is 0 Å². The second-order valence-electron chi connectivity index (χ2n) is 2.86. The average molecular weight is 197 g/mol. The molecule has 0 aliphatic rings. The molecule has 14 heavy (non-hydrogen) atoms. The van der Waals surface area contributed by atoms with Crippen LogP contribution >= 0.6 is 0 Å². The summed E-state index contributed by atoms with van der Waals surface area (Å²) < 4.78 is 24.7. The molecule has 0 aromatic carbocycles. The van der Waals surface area contributed by atoms with Gasteiger partial charge in [-0.1, -0.05) is 0 Å². The molecule has 2 N–H and O–H groups in total. The zero-order chi connectivity index (χ0) is 10.7. The average Bonchev–Trinajstić information content (AvgIpc) is 2.10. The Bertz CT molecular complexity index is 382. The van der Waals surface area contributed by atoms with E-state index in [0.717, 1.165) is 0 Å². The molecule has 5 heteroatoms. The van der Waals surface area contributed by atoms with Gasteiger partial charge in [0.25, 0.3) is 6.43 Å². The zero-order valence-electron chi connectivity index (χ0n) is 7.59. The summed E-state index contributed by atoms with van der Waals surface area (Å²) in [5.74, 6) is -0.198. The first kappa shape index (κ1) is 10.4. The Hall–Kier alpha value is -1.70. The smallest absolute Gasteiger partial charge is 0.267 e. The molecule has 3 nitrogen and oxygen atoms in total. The van der Waals surface area contributed by atoms with Crippen molar-refractivity contribution in [3.63, 3.8) is 0 Å². The van der Waals surface area contributed by atoms with Gasteiger partial charge in [-0.2, -0.15) is 5.26 Å². The second kappa shape index (κ2) is 4.01. The summed E-state index contributed by atoms with van der Waals surface area (Å²) in [6, 6.07) is 3.17. The summed E-state index contributed by atoms with van der Waals surface area (Å²) in [6.45, 7) is 1.63. The number of nitriles is 1. The molecule has 0 atom stereocenters. The van der Waals surface area contributed by atoms with Crippen molar-refractivity contribution in [2.45, 2.75) is 19.8 Å². The highest BCUT2D eigenvalue weighted by Gasteiger charge is 2.14. The highest BCUT2D eigenvalue weighted by atomic mass is 19.3. The Morgan fingerprint density at radius 1 is 1.64 bits per heavy atom. The van der Waals surface area contributed by atoms with Gasteiger partial charge in [0.1, 0.15) is 5.82 Å². The highest BCUT2D eigenvalue weighted by molar-refractivity contribution is 5.44. The van der Waals surface area contributed by atoms with Crippen molar-refractivity contribution in [2.24, 2.45) is 0 Å².